The highest BCUT2D eigenvalue weighted by atomic mass is 35.5. The van der Waals surface area contributed by atoms with Gasteiger partial charge in [0.2, 0.25) is 15.8 Å². The average molecular weight is 467 g/mol. The molecule has 1 aromatic heterocycles. The smallest absolute Gasteiger partial charge is 0.338 e. The molecule has 2 heterocycles. The van der Waals surface area contributed by atoms with Crippen LogP contribution in [0, 0.1) is 19.8 Å². The Morgan fingerprint density at radius 1 is 1.23 bits per heavy atom. The Hall–Kier alpha value is -2.16. The highest BCUT2D eigenvalue weighted by Crippen LogP contribution is 2.29. The number of halogens is 1. The van der Waals surface area contributed by atoms with Crippen LogP contribution in [-0.2, 0) is 21.8 Å². The molecule has 168 valence electrons. The number of ether oxygens (including phenoxy) is 1. The number of ketones is 1. The summed E-state index contributed by atoms with van der Waals surface area (Å²) in [6.45, 7) is 6.11. The molecule has 0 N–H and O–H groups in total. The van der Waals surface area contributed by atoms with Crippen molar-refractivity contribution in [2.75, 3.05) is 19.7 Å². The summed E-state index contributed by atoms with van der Waals surface area (Å²) in [5, 5.41) is 0.0428. The molecule has 1 aromatic carbocycles. The van der Waals surface area contributed by atoms with Gasteiger partial charge >= 0.3 is 5.97 Å². The SMILES string of the molecule is Cc1cc(C(=O)COC(=O)c2ccc(Cl)c(S(=O)(=O)N3CCC[C@H](C)C3)c2)c(C)n1C. The van der Waals surface area contributed by atoms with Crippen molar-refractivity contribution in [3.63, 3.8) is 0 Å². The first-order valence-corrected chi connectivity index (χ1v) is 12.0. The first-order valence-electron chi connectivity index (χ1n) is 10.1. The summed E-state index contributed by atoms with van der Waals surface area (Å²) < 4.78 is 34.6. The molecule has 7 nitrogen and oxygen atoms in total. The van der Waals surface area contributed by atoms with E-state index in [1.807, 2.05) is 32.4 Å². The molecule has 1 saturated heterocycles. The minimum Gasteiger partial charge on any atom is -0.454 e. The van der Waals surface area contributed by atoms with E-state index >= 15 is 0 Å². The van der Waals surface area contributed by atoms with E-state index in [1.165, 1.54) is 22.5 Å². The molecule has 0 spiro atoms. The van der Waals surface area contributed by atoms with Crippen LogP contribution in [0.5, 0.6) is 0 Å². The summed E-state index contributed by atoms with van der Waals surface area (Å²) in [6.07, 6.45) is 1.75. The van der Waals surface area contributed by atoms with E-state index in [1.54, 1.807) is 6.07 Å². The molecule has 0 radical (unpaired) electrons. The number of hydrogen-bond donors (Lipinski definition) is 0. The lowest BCUT2D eigenvalue weighted by atomic mass is 10.0. The van der Waals surface area contributed by atoms with Crippen LogP contribution in [0.2, 0.25) is 5.02 Å². The number of hydrogen-bond acceptors (Lipinski definition) is 5. The van der Waals surface area contributed by atoms with Crippen LogP contribution in [0.1, 0.15) is 51.9 Å². The number of aryl methyl sites for hydroxylation is 1. The van der Waals surface area contributed by atoms with E-state index in [0.29, 0.717) is 18.7 Å². The van der Waals surface area contributed by atoms with Crippen LogP contribution in [0.25, 0.3) is 0 Å². The Bertz CT molecular complexity index is 1120. The van der Waals surface area contributed by atoms with Crippen LogP contribution in [0.3, 0.4) is 0 Å². The third-order valence-corrected chi connectivity index (χ3v) is 8.16. The number of carbonyl (C=O) groups is 2. The number of esters is 1. The standard InChI is InChI=1S/C22H27ClN2O5S/c1-14-6-5-9-25(12-14)31(28,29)21-11-17(7-8-19(21)23)22(27)30-13-20(26)18-10-15(2)24(4)16(18)3/h7-8,10-11,14H,5-6,9,12-13H2,1-4H3/t14-/m0/s1. The Labute approximate surface area is 188 Å². The number of piperidine rings is 1. The molecule has 0 unspecified atom stereocenters. The van der Waals surface area contributed by atoms with Gasteiger partial charge in [0.1, 0.15) is 4.90 Å². The average Bonchev–Trinajstić information content (AvgIpc) is 2.99. The molecular weight excluding hydrogens is 440 g/mol. The normalized spacial score (nSPS) is 17.5. The second-order valence-corrected chi connectivity index (χ2v) is 10.4. The molecule has 0 amide bonds. The summed E-state index contributed by atoms with van der Waals surface area (Å²) in [5.74, 6) is -0.844. The van der Waals surface area contributed by atoms with Gasteiger partial charge in [-0.15, -0.1) is 0 Å². The van der Waals surface area contributed by atoms with Crippen LogP contribution in [0.15, 0.2) is 29.2 Å². The third kappa shape index (κ3) is 4.86. The second-order valence-electron chi connectivity index (χ2n) is 8.10. The van der Waals surface area contributed by atoms with Gasteiger partial charge in [-0.2, -0.15) is 4.31 Å². The van der Waals surface area contributed by atoms with Gasteiger partial charge < -0.3 is 9.30 Å². The van der Waals surface area contributed by atoms with Gasteiger partial charge in [-0.3, -0.25) is 4.79 Å². The first-order chi connectivity index (χ1) is 14.5. The molecule has 1 fully saturated rings. The van der Waals surface area contributed by atoms with E-state index in [2.05, 4.69) is 0 Å². The van der Waals surface area contributed by atoms with E-state index in [9.17, 15) is 18.0 Å². The van der Waals surface area contributed by atoms with E-state index in [4.69, 9.17) is 16.3 Å². The highest BCUT2D eigenvalue weighted by molar-refractivity contribution is 7.89. The Morgan fingerprint density at radius 2 is 1.94 bits per heavy atom. The number of nitrogens with zero attached hydrogens (tertiary/aromatic N) is 2. The minimum absolute atomic E-state index is 0.0294. The van der Waals surface area contributed by atoms with Crippen LogP contribution >= 0.6 is 11.6 Å². The summed E-state index contributed by atoms with van der Waals surface area (Å²) in [4.78, 5) is 24.9. The maximum atomic E-state index is 13.1. The van der Waals surface area contributed by atoms with E-state index in [0.717, 1.165) is 24.2 Å². The second kappa shape index (κ2) is 9.14. The fraction of sp³-hybridized carbons (Fsp3) is 0.455. The molecule has 0 aliphatic carbocycles. The zero-order chi connectivity index (χ0) is 22.9. The maximum absolute atomic E-state index is 13.1. The van der Waals surface area contributed by atoms with Crippen molar-refractivity contribution in [1.82, 2.24) is 8.87 Å². The van der Waals surface area contributed by atoms with Crippen molar-refractivity contribution in [2.24, 2.45) is 13.0 Å². The van der Waals surface area contributed by atoms with Crippen LogP contribution < -0.4 is 0 Å². The molecule has 31 heavy (non-hydrogen) atoms. The summed E-state index contributed by atoms with van der Waals surface area (Å²) in [6, 6.07) is 5.73. The van der Waals surface area contributed by atoms with Gasteiger partial charge in [-0.05, 0) is 56.9 Å². The topological polar surface area (TPSA) is 85.7 Å². The van der Waals surface area contributed by atoms with Gasteiger partial charge in [-0.1, -0.05) is 18.5 Å². The fourth-order valence-electron chi connectivity index (χ4n) is 3.76. The molecule has 0 saturated carbocycles. The van der Waals surface area contributed by atoms with Gasteiger partial charge in [-0.25, -0.2) is 13.2 Å². The molecule has 9 heteroatoms. The molecule has 1 aliphatic rings. The van der Waals surface area contributed by atoms with Crippen molar-refractivity contribution < 1.29 is 22.7 Å². The minimum atomic E-state index is -3.84. The molecule has 2 aromatic rings. The van der Waals surface area contributed by atoms with Crippen molar-refractivity contribution in [2.45, 2.75) is 38.5 Å². The Balaban J connectivity index is 1.77. The van der Waals surface area contributed by atoms with E-state index in [-0.39, 0.29) is 27.2 Å². The highest BCUT2D eigenvalue weighted by Gasteiger charge is 2.31. The van der Waals surface area contributed by atoms with Gasteiger partial charge in [0, 0.05) is 37.1 Å². The Morgan fingerprint density at radius 3 is 2.55 bits per heavy atom. The number of aromatic nitrogens is 1. The summed E-state index contributed by atoms with van der Waals surface area (Å²) >= 11 is 6.17. The largest absolute Gasteiger partial charge is 0.454 e. The fourth-order valence-corrected chi connectivity index (χ4v) is 5.86. The summed E-state index contributed by atoms with van der Waals surface area (Å²) in [7, 11) is -1.99. The number of carbonyl (C=O) groups excluding carboxylic acids is 2. The molecule has 1 atom stereocenters. The molecular formula is C22H27ClN2O5S. The molecule has 1 aliphatic heterocycles. The first kappa shape index (κ1) is 23.5. The number of rotatable bonds is 6. The van der Waals surface area contributed by atoms with Gasteiger partial charge in [0.15, 0.2) is 6.61 Å². The summed E-state index contributed by atoms with van der Waals surface area (Å²) in [5.41, 5.74) is 2.23. The zero-order valence-electron chi connectivity index (χ0n) is 18.1. The number of Topliss-reactive ketones (excluding diaryl/α,β-unsaturated/α-hetero) is 1. The number of benzene rings is 1. The lowest BCUT2D eigenvalue weighted by molar-refractivity contribution is 0.0474. The monoisotopic (exact) mass is 466 g/mol. The quantitative estimate of drug-likeness (QED) is 0.478. The third-order valence-electron chi connectivity index (χ3n) is 5.81. The van der Waals surface area contributed by atoms with Gasteiger partial charge in [0.05, 0.1) is 10.6 Å². The van der Waals surface area contributed by atoms with Crippen molar-refractivity contribution in [3.8, 4) is 0 Å². The van der Waals surface area contributed by atoms with E-state index < -0.39 is 22.6 Å². The van der Waals surface area contributed by atoms with Crippen molar-refractivity contribution in [3.05, 3.63) is 51.8 Å². The van der Waals surface area contributed by atoms with Crippen LogP contribution in [0.4, 0.5) is 0 Å². The van der Waals surface area contributed by atoms with Crippen LogP contribution in [-0.4, -0.2) is 48.7 Å². The lowest BCUT2D eigenvalue weighted by Gasteiger charge is -2.30. The zero-order valence-corrected chi connectivity index (χ0v) is 19.7. The molecule has 3 rings (SSSR count). The van der Waals surface area contributed by atoms with Gasteiger partial charge in [0.25, 0.3) is 0 Å². The molecule has 0 bridgehead atoms. The predicted molar refractivity (Wildman–Crippen MR) is 118 cm³/mol. The maximum Gasteiger partial charge on any atom is 0.338 e. The van der Waals surface area contributed by atoms with Crippen molar-refractivity contribution >= 4 is 33.4 Å². The Kier molecular flexibility index (Phi) is 6.93. The lowest BCUT2D eigenvalue weighted by Crippen LogP contribution is -2.39. The predicted octanol–water partition coefficient (Wildman–Crippen LogP) is 3.76. The number of sulfonamides is 1. The van der Waals surface area contributed by atoms with Crippen molar-refractivity contribution in [1.29, 1.82) is 0 Å².